The maximum Gasteiger partial charge on any atom is 0.305 e. The standard InChI is InChI=1S/C15H29NO3/c1-6-8-9-12(7-2)14(19)16-15(5,11(3)4)10-13(17)18/h11-12H,6-10H2,1-5H3,(H,16,19)(H,17,18). The topological polar surface area (TPSA) is 66.4 Å². The predicted octanol–water partition coefficient (Wildman–Crippen LogP) is 3.21. The molecule has 2 atom stereocenters. The van der Waals surface area contributed by atoms with E-state index in [4.69, 9.17) is 5.11 Å². The van der Waals surface area contributed by atoms with Crippen LogP contribution in [0.3, 0.4) is 0 Å². The molecular weight excluding hydrogens is 242 g/mol. The fourth-order valence-electron chi connectivity index (χ4n) is 2.06. The van der Waals surface area contributed by atoms with Crippen molar-refractivity contribution in [3.8, 4) is 0 Å². The molecule has 0 fully saturated rings. The number of aliphatic carboxylic acids is 1. The Hall–Kier alpha value is -1.06. The second kappa shape index (κ2) is 8.18. The lowest BCUT2D eigenvalue weighted by Gasteiger charge is -2.35. The van der Waals surface area contributed by atoms with Crippen molar-refractivity contribution in [2.45, 2.75) is 72.3 Å². The molecule has 4 nitrogen and oxygen atoms in total. The van der Waals surface area contributed by atoms with E-state index in [9.17, 15) is 9.59 Å². The van der Waals surface area contributed by atoms with Gasteiger partial charge in [-0.05, 0) is 25.7 Å². The van der Waals surface area contributed by atoms with E-state index in [2.05, 4.69) is 12.2 Å². The number of carbonyl (C=O) groups is 2. The van der Waals surface area contributed by atoms with Gasteiger partial charge in [0.25, 0.3) is 0 Å². The summed E-state index contributed by atoms with van der Waals surface area (Å²) in [7, 11) is 0. The molecule has 0 heterocycles. The highest BCUT2D eigenvalue weighted by Crippen LogP contribution is 2.23. The van der Waals surface area contributed by atoms with Crippen LogP contribution in [0.4, 0.5) is 0 Å². The Balaban J connectivity index is 4.73. The molecule has 0 aromatic heterocycles. The van der Waals surface area contributed by atoms with Gasteiger partial charge in [0.15, 0.2) is 0 Å². The van der Waals surface area contributed by atoms with Gasteiger partial charge in [-0.1, -0.05) is 40.5 Å². The molecule has 0 bridgehead atoms. The van der Waals surface area contributed by atoms with Crippen molar-refractivity contribution in [1.82, 2.24) is 5.32 Å². The van der Waals surface area contributed by atoms with E-state index in [-0.39, 0.29) is 24.2 Å². The first-order valence-corrected chi connectivity index (χ1v) is 7.30. The van der Waals surface area contributed by atoms with Gasteiger partial charge in [-0.15, -0.1) is 0 Å². The highest BCUT2D eigenvalue weighted by Gasteiger charge is 2.34. The van der Waals surface area contributed by atoms with Gasteiger partial charge >= 0.3 is 5.97 Å². The quantitative estimate of drug-likeness (QED) is 0.676. The first-order valence-electron chi connectivity index (χ1n) is 7.30. The molecule has 1 amide bonds. The minimum absolute atomic E-state index is 0.00611. The molecule has 0 aliphatic rings. The van der Waals surface area contributed by atoms with Crippen LogP contribution in [0, 0.1) is 11.8 Å². The summed E-state index contributed by atoms with van der Waals surface area (Å²) < 4.78 is 0. The zero-order valence-electron chi connectivity index (χ0n) is 13.0. The van der Waals surface area contributed by atoms with Crippen molar-refractivity contribution >= 4 is 11.9 Å². The van der Waals surface area contributed by atoms with Crippen LogP contribution in [0.15, 0.2) is 0 Å². The van der Waals surface area contributed by atoms with Crippen molar-refractivity contribution in [3.05, 3.63) is 0 Å². The number of unbranched alkanes of at least 4 members (excludes halogenated alkanes) is 1. The first-order chi connectivity index (χ1) is 8.76. The Kier molecular flexibility index (Phi) is 7.72. The Morgan fingerprint density at radius 1 is 1.26 bits per heavy atom. The van der Waals surface area contributed by atoms with Crippen LogP contribution in [0.25, 0.3) is 0 Å². The SMILES string of the molecule is CCCCC(CC)C(=O)NC(C)(CC(=O)O)C(C)C. The minimum atomic E-state index is -0.877. The van der Waals surface area contributed by atoms with E-state index in [1.54, 1.807) is 0 Å². The molecule has 2 unspecified atom stereocenters. The summed E-state index contributed by atoms with van der Waals surface area (Å²) in [5.41, 5.74) is -0.678. The summed E-state index contributed by atoms with van der Waals surface area (Å²) in [5.74, 6) is -0.811. The third kappa shape index (κ3) is 6.08. The van der Waals surface area contributed by atoms with Crippen LogP contribution >= 0.6 is 0 Å². The molecule has 0 aliphatic carbocycles. The largest absolute Gasteiger partial charge is 0.481 e. The number of carbonyl (C=O) groups excluding carboxylic acids is 1. The smallest absolute Gasteiger partial charge is 0.305 e. The predicted molar refractivity (Wildman–Crippen MR) is 76.9 cm³/mol. The van der Waals surface area contributed by atoms with E-state index in [1.807, 2.05) is 27.7 Å². The van der Waals surface area contributed by atoms with Crippen LogP contribution in [0.5, 0.6) is 0 Å². The Morgan fingerprint density at radius 3 is 2.21 bits per heavy atom. The third-order valence-corrected chi connectivity index (χ3v) is 3.97. The fourth-order valence-corrected chi connectivity index (χ4v) is 2.06. The molecule has 0 spiro atoms. The van der Waals surface area contributed by atoms with E-state index < -0.39 is 11.5 Å². The Bertz CT molecular complexity index is 302. The van der Waals surface area contributed by atoms with Gasteiger partial charge in [0.05, 0.1) is 6.42 Å². The molecule has 0 aromatic rings. The van der Waals surface area contributed by atoms with Gasteiger partial charge in [-0.3, -0.25) is 9.59 Å². The van der Waals surface area contributed by atoms with Crippen molar-refractivity contribution < 1.29 is 14.7 Å². The molecule has 0 saturated carbocycles. The van der Waals surface area contributed by atoms with E-state index in [0.29, 0.717) is 0 Å². The van der Waals surface area contributed by atoms with E-state index in [1.165, 1.54) is 0 Å². The molecule has 0 aromatic carbocycles. The lowest BCUT2D eigenvalue weighted by molar-refractivity contribution is -0.140. The van der Waals surface area contributed by atoms with Gasteiger partial charge in [0.2, 0.25) is 5.91 Å². The maximum atomic E-state index is 12.3. The molecule has 0 rings (SSSR count). The van der Waals surface area contributed by atoms with Gasteiger partial charge < -0.3 is 10.4 Å². The number of amides is 1. The minimum Gasteiger partial charge on any atom is -0.481 e. The van der Waals surface area contributed by atoms with E-state index in [0.717, 1.165) is 25.7 Å². The second-order valence-corrected chi connectivity index (χ2v) is 5.88. The molecule has 19 heavy (non-hydrogen) atoms. The molecule has 4 heteroatoms. The molecule has 112 valence electrons. The summed E-state index contributed by atoms with van der Waals surface area (Å²) >= 11 is 0. The molecular formula is C15H29NO3. The summed E-state index contributed by atoms with van der Waals surface area (Å²) in [5, 5.41) is 12.0. The monoisotopic (exact) mass is 271 g/mol. The summed E-state index contributed by atoms with van der Waals surface area (Å²) in [6, 6.07) is 0. The van der Waals surface area contributed by atoms with Crippen molar-refractivity contribution in [2.75, 3.05) is 0 Å². The number of carboxylic acid groups (broad SMARTS) is 1. The highest BCUT2D eigenvalue weighted by atomic mass is 16.4. The zero-order chi connectivity index (χ0) is 15.1. The van der Waals surface area contributed by atoms with Crippen LogP contribution in [0.2, 0.25) is 0 Å². The van der Waals surface area contributed by atoms with Crippen molar-refractivity contribution in [2.24, 2.45) is 11.8 Å². The average molecular weight is 271 g/mol. The Morgan fingerprint density at radius 2 is 1.84 bits per heavy atom. The summed E-state index contributed by atoms with van der Waals surface area (Å²) in [6.45, 7) is 9.81. The van der Waals surface area contributed by atoms with Crippen LogP contribution < -0.4 is 5.32 Å². The van der Waals surface area contributed by atoms with Crippen molar-refractivity contribution in [3.63, 3.8) is 0 Å². The molecule has 0 aliphatic heterocycles. The molecule has 2 N–H and O–H groups in total. The maximum absolute atomic E-state index is 12.3. The highest BCUT2D eigenvalue weighted by molar-refractivity contribution is 5.80. The number of hydrogen-bond acceptors (Lipinski definition) is 2. The van der Waals surface area contributed by atoms with Crippen LogP contribution in [0.1, 0.15) is 66.7 Å². The number of nitrogens with one attached hydrogen (secondary N) is 1. The fraction of sp³-hybridized carbons (Fsp3) is 0.867. The lowest BCUT2D eigenvalue weighted by atomic mass is 9.84. The zero-order valence-corrected chi connectivity index (χ0v) is 13.0. The van der Waals surface area contributed by atoms with Crippen LogP contribution in [-0.2, 0) is 9.59 Å². The number of hydrogen-bond donors (Lipinski definition) is 2. The number of rotatable bonds is 9. The Labute approximate surface area is 117 Å². The van der Waals surface area contributed by atoms with Crippen molar-refractivity contribution in [1.29, 1.82) is 0 Å². The average Bonchev–Trinajstić information content (AvgIpc) is 2.28. The molecule has 0 radical (unpaired) electrons. The van der Waals surface area contributed by atoms with Gasteiger partial charge in [0, 0.05) is 11.5 Å². The van der Waals surface area contributed by atoms with Gasteiger partial charge in [-0.2, -0.15) is 0 Å². The second-order valence-electron chi connectivity index (χ2n) is 5.88. The van der Waals surface area contributed by atoms with Gasteiger partial charge in [0.1, 0.15) is 0 Å². The lowest BCUT2D eigenvalue weighted by Crippen LogP contribution is -2.53. The van der Waals surface area contributed by atoms with E-state index >= 15 is 0 Å². The van der Waals surface area contributed by atoms with Crippen LogP contribution in [-0.4, -0.2) is 22.5 Å². The van der Waals surface area contributed by atoms with Gasteiger partial charge in [-0.25, -0.2) is 0 Å². The summed E-state index contributed by atoms with van der Waals surface area (Å²) in [6.07, 6.45) is 3.73. The normalized spacial score (nSPS) is 15.9. The third-order valence-electron chi connectivity index (χ3n) is 3.97. The number of carboxylic acids is 1. The molecule has 0 saturated heterocycles. The first kappa shape index (κ1) is 17.9. The summed E-state index contributed by atoms with van der Waals surface area (Å²) in [4.78, 5) is 23.2.